The van der Waals surface area contributed by atoms with Crippen molar-refractivity contribution in [3.05, 3.63) is 63.1 Å². The quantitative estimate of drug-likeness (QED) is 0.735. The van der Waals surface area contributed by atoms with Crippen molar-refractivity contribution in [1.82, 2.24) is 0 Å². The molecule has 0 N–H and O–H groups in total. The van der Waals surface area contributed by atoms with Gasteiger partial charge < -0.3 is 4.74 Å². The number of fused-ring (bicyclic) bond motifs is 2. The minimum absolute atomic E-state index is 0.0603. The number of hydrogen-bond donors (Lipinski definition) is 0. The topological polar surface area (TPSA) is 26.3 Å². The van der Waals surface area contributed by atoms with Crippen LogP contribution in [0.3, 0.4) is 0 Å². The number of rotatable bonds is 0. The van der Waals surface area contributed by atoms with Crippen LogP contribution in [0.15, 0.2) is 34.8 Å². The molecule has 0 aromatic heterocycles. The van der Waals surface area contributed by atoms with Gasteiger partial charge in [0.2, 0.25) is 0 Å². The van der Waals surface area contributed by atoms with Gasteiger partial charge in [-0.3, -0.25) is 4.79 Å². The average molecular weight is 325 g/mol. The van der Waals surface area contributed by atoms with Gasteiger partial charge in [-0.05, 0) is 18.2 Å². The first-order valence-electron chi connectivity index (χ1n) is 5.51. The van der Waals surface area contributed by atoms with E-state index in [2.05, 4.69) is 15.9 Å². The second-order valence-electron chi connectivity index (χ2n) is 4.18. The van der Waals surface area contributed by atoms with Crippen molar-refractivity contribution in [2.75, 3.05) is 0 Å². The van der Waals surface area contributed by atoms with Crippen LogP contribution in [0.2, 0.25) is 0 Å². The Kier molecular flexibility index (Phi) is 2.86. The zero-order valence-electron chi connectivity index (χ0n) is 9.54. The molecule has 1 aliphatic heterocycles. The second-order valence-corrected chi connectivity index (χ2v) is 5.10. The Balaban J connectivity index is 2.23. The van der Waals surface area contributed by atoms with Gasteiger partial charge in [0.05, 0.1) is 0 Å². The van der Waals surface area contributed by atoms with Crippen molar-refractivity contribution in [2.45, 2.75) is 6.61 Å². The van der Waals surface area contributed by atoms with Gasteiger partial charge in [0, 0.05) is 27.7 Å². The Hall–Kier alpha value is -1.75. The highest BCUT2D eigenvalue weighted by molar-refractivity contribution is 9.10. The van der Waals surface area contributed by atoms with E-state index in [0.29, 0.717) is 17.2 Å². The standard InChI is InChI=1S/C14H7BrF2O2/c15-8-1-2-10-7(3-8)6-19-12-5-9(16)4-11(17)13(12)14(10)18/h1-5H,6H2. The van der Waals surface area contributed by atoms with Gasteiger partial charge in [-0.1, -0.05) is 15.9 Å². The van der Waals surface area contributed by atoms with Crippen molar-refractivity contribution in [2.24, 2.45) is 0 Å². The zero-order valence-corrected chi connectivity index (χ0v) is 11.1. The van der Waals surface area contributed by atoms with Crippen molar-refractivity contribution < 1.29 is 18.3 Å². The largest absolute Gasteiger partial charge is 0.488 e. The maximum absolute atomic E-state index is 13.8. The first kappa shape index (κ1) is 12.3. The molecule has 0 aliphatic carbocycles. The number of benzene rings is 2. The molecule has 0 radical (unpaired) electrons. The molecular formula is C14H7BrF2O2. The fraction of sp³-hybridized carbons (Fsp3) is 0.0714. The first-order valence-corrected chi connectivity index (χ1v) is 6.30. The lowest BCUT2D eigenvalue weighted by atomic mass is 9.99. The summed E-state index contributed by atoms with van der Waals surface area (Å²) in [5.41, 5.74) is 0.783. The van der Waals surface area contributed by atoms with Gasteiger partial charge >= 0.3 is 0 Å². The molecule has 2 aromatic rings. The average Bonchev–Trinajstić information content (AvgIpc) is 2.47. The summed E-state index contributed by atoms with van der Waals surface area (Å²) in [7, 11) is 0. The highest BCUT2D eigenvalue weighted by atomic mass is 79.9. The number of carbonyl (C=O) groups is 1. The van der Waals surface area contributed by atoms with Crippen LogP contribution in [0.5, 0.6) is 5.75 Å². The summed E-state index contributed by atoms with van der Waals surface area (Å²) in [6.45, 7) is 0.0937. The maximum atomic E-state index is 13.8. The summed E-state index contributed by atoms with van der Waals surface area (Å²) in [6.07, 6.45) is 0. The Morgan fingerprint density at radius 2 is 1.95 bits per heavy atom. The van der Waals surface area contributed by atoms with Gasteiger partial charge in [0.25, 0.3) is 0 Å². The molecule has 0 fully saturated rings. The van der Waals surface area contributed by atoms with Gasteiger partial charge in [0.1, 0.15) is 29.6 Å². The smallest absolute Gasteiger partial charge is 0.200 e. The Morgan fingerprint density at radius 3 is 2.74 bits per heavy atom. The van der Waals surface area contributed by atoms with E-state index in [4.69, 9.17) is 4.74 Å². The second kappa shape index (κ2) is 4.42. The third-order valence-corrected chi connectivity index (χ3v) is 3.43. The van der Waals surface area contributed by atoms with E-state index in [1.54, 1.807) is 18.2 Å². The number of carbonyl (C=O) groups excluding carboxylic acids is 1. The number of ketones is 1. The SMILES string of the molecule is O=C1c2ccc(Br)cc2COc2cc(F)cc(F)c21. The summed E-state index contributed by atoms with van der Waals surface area (Å²) >= 11 is 3.30. The fourth-order valence-electron chi connectivity index (χ4n) is 2.08. The van der Waals surface area contributed by atoms with Crippen molar-refractivity contribution in [1.29, 1.82) is 0 Å². The molecule has 3 rings (SSSR count). The predicted molar refractivity (Wildman–Crippen MR) is 68.3 cm³/mol. The van der Waals surface area contributed by atoms with E-state index in [1.807, 2.05) is 0 Å². The van der Waals surface area contributed by atoms with Gasteiger partial charge in [-0.25, -0.2) is 8.78 Å². The first-order chi connectivity index (χ1) is 9.06. The monoisotopic (exact) mass is 324 g/mol. The number of ether oxygens (including phenoxy) is 1. The van der Waals surface area contributed by atoms with Crippen LogP contribution in [0, 0.1) is 11.6 Å². The number of halogens is 3. The summed E-state index contributed by atoms with van der Waals surface area (Å²) < 4.78 is 33.1. The minimum atomic E-state index is -0.907. The summed E-state index contributed by atoms with van der Waals surface area (Å²) in [5.74, 6) is -2.23. The van der Waals surface area contributed by atoms with E-state index < -0.39 is 17.4 Å². The highest BCUT2D eigenvalue weighted by Crippen LogP contribution is 2.32. The normalized spacial score (nSPS) is 13.3. The summed E-state index contributed by atoms with van der Waals surface area (Å²) in [4.78, 5) is 12.3. The molecule has 0 amide bonds. The molecule has 0 spiro atoms. The Labute approximate surface area is 116 Å². The van der Waals surface area contributed by atoms with Crippen molar-refractivity contribution >= 4 is 21.7 Å². The Morgan fingerprint density at radius 1 is 1.16 bits per heavy atom. The molecule has 0 atom stereocenters. The van der Waals surface area contributed by atoms with Crippen molar-refractivity contribution in [3.63, 3.8) is 0 Å². The van der Waals surface area contributed by atoms with E-state index in [0.717, 1.165) is 10.5 Å². The molecule has 0 saturated carbocycles. The van der Waals surface area contributed by atoms with Crippen LogP contribution >= 0.6 is 15.9 Å². The van der Waals surface area contributed by atoms with Crippen LogP contribution in [-0.4, -0.2) is 5.78 Å². The van der Waals surface area contributed by atoms with Crippen molar-refractivity contribution in [3.8, 4) is 5.75 Å². The van der Waals surface area contributed by atoms with E-state index >= 15 is 0 Å². The summed E-state index contributed by atoms with van der Waals surface area (Å²) in [6, 6.07) is 6.74. The molecule has 0 bridgehead atoms. The lowest BCUT2D eigenvalue weighted by molar-refractivity contribution is 0.103. The fourth-order valence-corrected chi connectivity index (χ4v) is 2.49. The van der Waals surface area contributed by atoms with E-state index in [1.165, 1.54) is 0 Å². The minimum Gasteiger partial charge on any atom is -0.488 e. The van der Waals surface area contributed by atoms with Gasteiger partial charge in [-0.2, -0.15) is 0 Å². The molecule has 1 aliphatic rings. The molecule has 0 saturated heterocycles. The summed E-state index contributed by atoms with van der Waals surface area (Å²) in [5, 5.41) is 0. The van der Waals surface area contributed by atoms with Gasteiger partial charge in [-0.15, -0.1) is 0 Å². The van der Waals surface area contributed by atoms with Crippen LogP contribution in [-0.2, 0) is 6.61 Å². The Bertz CT molecular complexity index is 698. The molecule has 5 heteroatoms. The molecule has 1 heterocycles. The third-order valence-electron chi connectivity index (χ3n) is 2.94. The molecule has 2 nitrogen and oxygen atoms in total. The number of hydrogen-bond acceptors (Lipinski definition) is 2. The lowest BCUT2D eigenvalue weighted by Gasteiger charge is -2.06. The molecule has 19 heavy (non-hydrogen) atoms. The molecule has 96 valence electrons. The molecular weight excluding hydrogens is 318 g/mol. The van der Waals surface area contributed by atoms with Crippen LogP contribution in [0.25, 0.3) is 0 Å². The van der Waals surface area contributed by atoms with E-state index in [-0.39, 0.29) is 17.9 Å². The zero-order chi connectivity index (χ0) is 13.6. The van der Waals surface area contributed by atoms with Crippen LogP contribution in [0.4, 0.5) is 8.78 Å². The highest BCUT2D eigenvalue weighted by Gasteiger charge is 2.26. The lowest BCUT2D eigenvalue weighted by Crippen LogP contribution is -2.05. The van der Waals surface area contributed by atoms with Gasteiger partial charge in [0.15, 0.2) is 5.78 Å². The van der Waals surface area contributed by atoms with Crippen LogP contribution in [0.1, 0.15) is 21.5 Å². The van der Waals surface area contributed by atoms with Crippen LogP contribution < -0.4 is 4.74 Å². The third kappa shape index (κ3) is 2.04. The molecule has 0 unspecified atom stereocenters. The van der Waals surface area contributed by atoms with E-state index in [9.17, 15) is 13.6 Å². The molecule has 2 aromatic carbocycles. The predicted octanol–water partition coefficient (Wildman–Crippen LogP) is 3.85. The maximum Gasteiger partial charge on any atom is 0.200 e.